The Labute approximate surface area is 159 Å². The molecule has 138 valence electrons. The van der Waals surface area contributed by atoms with Crippen LogP contribution in [-0.4, -0.2) is 25.3 Å². The maximum atomic E-state index is 2.40. The number of nitrogens with zero attached hydrogens (tertiary/aromatic N) is 4. The molecule has 0 fully saturated rings. The average Bonchev–Trinajstić information content (AvgIpc) is 3.14. The van der Waals surface area contributed by atoms with E-state index in [4.69, 9.17) is 0 Å². The van der Waals surface area contributed by atoms with Crippen molar-refractivity contribution in [2.24, 2.45) is 0 Å². The molecule has 0 bridgehead atoms. The maximum Gasteiger partial charge on any atom is 0.248 e. The molecule has 1 aromatic carbocycles. The van der Waals surface area contributed by atoms with Gasteiger partial charge in [0.25, 0.3) is 0 Å². The van der Waals surface area contributed by atoms with Crippen molar-refractivity contribution in [1.82, 2.24) is 9.13 Å². The zero-order chi connectivity index (χ0) is 18.9. The van der Waals surface area contributed by atoms with E-state index in [2.05, 4.69) is 119 Å². The van der Waals surface area contributed by atoms with Gasteiger partial charge in [-0.25, -0.2) is 18.3 Å². The summed E-state index contributed by atoms with van der Waals surface area (Å²) < 4.78 is 9.06. The molecule has 6 heteroatoms. The third-order valence-corrected chi connectivity index (χ3v) is 6.75. The molecule has 3 aromatic rings. The average molecular weight is 385 g/mol. The molecule has 0 unspecified atom stereocenters. The molecule has 2 heterocycles. The zero-order valence-corrected chi connectivity index (χ0v) is 19.0. The van der Waals surface area contributed by atoms with Crippen LogP contribution in [0.2, 0.25) is 39.3 Å². The fourth-order valence-corrected chi connectivity index (χ4v) is 5.76. The number of aromatic nitrogens is 4. The Balaban J connectivity index is 1.83. The van der Waals surface area contributed by atoms with E-state index in [1.54, 1.807) is 0 Å². The molecule has 3 rings (SSSR count). The Kier molecular flexibility index (Phi) is 5.08. The van der Waals surface area contributed by atoms with Crippen LogP contribution in [-0.2, 0) is 12.3 Å². The molecular formula is C20H32N4Si2+2. The lowest BCUT2D eigenvalue weighted by Gasteiger charge is -2.11. The molecule has 0 amide bonds. The van der Waals surface area contributed by atoms with Crippen molar-refractivity contribution in [1.29, 1.82) is 0 Å². The number of benzene rings is 1. The number of hydrogen-bond donors (Lipinski definition) is 0. The third-order valence-electron chi connectivity index (χ3n) is 4.12. The van der Waals surface area contributed by atoms with Gasteiger partial charge in [0.1, 0.15) is 36.2 Å². The first-order valence-electron chi connectivity index (χ1n) is 9.34. The van der Waals surface area contributed by atoms with E-state index in [0.29, 0.717) is 0 Å². The van der Waals surface area contributed by atoms with Gasteiger partial charge in [-0.05, 0) is 12.1 Å². The summed E-state index contributed by atoms with van der Waals surface area (Å²) in [5.74, 6) is 0. The Hall–Kier alpha value is -1.93. The van der Waals surface area contributed by atoms with Gasteiger partial charge in [0.15, 0.2) is 0 Å². The fourth-order valence-electron chi connectivity index (χ4n) is 3.19. The molecule has 0 saturated carbocycles. The van der Waals surface area contributed by atoms with Crippen LogP contribution in [0.5, 0.6) is 0 Å². The molecule has 26 heavy (non-hydrogen) atoms. The Morgan fingerprint density at radius 3 is 1.54 bits per heavy atom. The summed E-state index contributed by atoms with van der Waals surface area (Å²) in [5, 5.41) is 0. The van der Waals surface area contributed by atoms with Gasteiger partial charge in [-0.1, -0.05) is 45.3 Å². The molecule has 0 aliphatic rings. The Morgan fingerprint density at radius 1 is 0.731 bits per heavy atom. The van der Waals surface area contributed by atoms with Gasteiger partial charge in [-0.3, -0.25) is 0 Å². The van der Waals surface area contributed by atoms with E-state index in [0.717, 1.165) is 12.3 Å². The standard InChI is InChI=1S/C20H32N4Si2/c1-25(2,3)17-21-10-12-23(15-21)19-8-7-9-20(14-19)24-13-11-22(16-24)18-26(4,5)6/h7-16H,17-18H2,1-6H3/q+2. The summed E-state index contributed by atoms with van der Waals surface area (Å²) in [5.41, 5.74) is 2.39. The lowest BCUT2D eigenvalue weighted by atomic mass is 10.2. The molecule has 0 N–H and O–H groups in total. The van der Waals surface area contributed by atoms with Gasteiger partial charge in [0, 0.05) is 6.07 Å². The molecule has 0 spiro atoms. The van der Waals surface area contributed by atoms with Crippen LogP contribution >= 0.6 is 0 Å². The lowest BCUT2D eigenvalue weighted by molar-refractivity contribution is -0.680. The minimum atomic E-state index is -1.12. The van der Waals surface area contributed by atoms with E-state index in [1.807, 2.05) is 0 Å². The van der Waals surface area contributed by atoms with Crippen molar-refractivity contribution in [2.75, 3.05) is 0 Å². The van der Waals surface area contributed by atoms with Crippen LogP contribution in [0.15, 0.2) is 61.7 Å². The van der Waals surface area contributed by atoms with Gasteiger partial charge >= 0.3 is 0 Å². The van der Waals surface area contributed by atoms with Gasteiger partial charge < -0.3 is 0 Å². The second-order valence-electron chi connectivity index (χ2n) is 9.63. The summed E-state index contributed by atoms with van der Waals surface area (Å²) in [6, 6.07) is 8.72. The van der Waals surface area contributed by atoms with Crippen molar-refractivity contribution in [2.45, 2.75) is 51.6 Å². The predicted molar refractivity (Wildman–Crippen MR) is 112 cm³/mol. The molecule has 0 radical (unpaired) electrons. The molecule has 0 aliphatic heterocycles. The summed E-state index contributed by atoms with van der Waals surface area (Å²) in [6.45, 7) is 14.4. The van der Waals surface area contributed by atoms with E-state index >= 15 is 0 Å². The van der Waals surface area contributed by atoms with E-state index in [9.17, 15) is 0 Å². The maximum absolute atomic E-state index is 2.40. The van der Waals surface area contributed by atoms with Gasteiger partial charge in [0.2, 0.25) is 12.7 Å². The molecule has 0 aliphatic carbocycles. The topological polar surface area (TPSA) is 17.6 Å². The quantitative estimate of drug-likeness (QED) is 0.456. The van der Waals surface area contributed by atoms with Crippen LogP contribution in [0, 0.1) is 0 Å². The lowest BCUT2D eigenvalue weighted by Crippen LogP contribution is -2.44. The second-order valence-corrected chi connectivity index (χ2v) is 20.5. The van der Waals surface area contributed by atoms with Gasteiger partial charge in [-0.15, -0.1) is 0 Å². The highest BCUT2D eigenvalue weighted by Crippen LogP contribution is 2.14. The first-order valence-corrected chi connectivity index (χ1v) is 16.8. The second kappa shape index (κ2) is 7.00. The highest BCUT2D eigenvalue weighted by atomic mass is 28.3. The first-order chi connectivity index (χ1) is 12.1. The summed E-state index contributed by atoms with van der Waals surface area (Å²) in [6.07, 6.45) is 15.4. The van der Waals surface area contributed by atoms with Crippen LogP contribution in [0.3, 0.4) is 0 Å². The monoisotopic (exact) mass is 384 g/mol. The molecular weight excluding hydrogens is 352 g/mol. The number of imidazole rings is 2. The van der Waals surface area contributed by atoms with Crippen LogP contribution in [0.25, 0.3) is 11.4 Å². The van der Waals surface area contributed by atoms with Crippen molar-refractivity contribution in [3.8, 4) is 11.4 Å². The summed E-state index contributed by atoms with van der Waals surface area (Å²) in [7, 11) is -2.24. The minimum absolute atomic E-state index is 1.12. The molecule has 0 saturated heterocycles. The number of rotatable bonds is 6. The summed E-state index contributed by atoms with van der Waals surface area (Å²) >= 11 is 0. The van der Waals surface area contributed by atoms with E-state index in [1.165, 1.54) is 11.4 Å². The van der Waals surface area contributed by atoms with Crippen molar-refractivity contribution < 1.29 is 9.13 Å². The van der Waals surface area contributed by atoms with Crippen LogP contribution < -0.4 is 9.13 Å². The highest BCUT2D eigenvalue weighted by molar-refractivity contribution is 6.74. The van der Waals surface area contributed by atoms with Crippen LogP contribution in [0.4, 0.5) is 0 Å². The first kappa shape index (κ1) is 18.9. The van der Waals surface area contributed by atoms with Crippen LogP contribution in [0.1, 0.15) is 0 Å². The normalized spacial score (nSPS) is 12.5. The zero-order valence-electron chi connectivity index (χ0n) is 17.0. The van der Waals surface area contributed by atoms with Crippen molar-refractivity contribution in [3.05, 3.63) is 61.7 Å². The molecule has 4 nitrogen and oxygen atoms in total. The SMILES string of the molecule is C[Si](C)(C)C[n+]1ccn(-c2cccc(-n3cc[n+](C[Si](C)(C)C)c3)c2)c1. The smallest absolute Gasteiger partial charge is 0.240 e. The number of hydrogen-bond acceptors (Lipinski definition) is 0. The largest absolute Gasteiger partial charge is 0.248 e. The predicted octanol–water partition coefficient (Wildman–Crippen LogP) is 3.60. The van der Waals surface area contributed by atoms with E-state index in [-0.39, 0.29) is 0 Å². The third kappa shape index (κ3) is 5.05. The molecule has 0 atom stereocenters. The summed E-state index contributed by atoms with van der Waals surface area (Å²) in [4.78, 5) is 0. The van der Waals surface area contributed by atoms with Crippen molar-refractivity contribution >= 4 is 16.1 Å². The van der Waals surface area contributed by atoms with E-state index < -0.39 is 16.1 Å². The minimum Gasteiger partial charge on any atom is -0.240 e. The fraction of sp³-hybridized carbons (Fsp3) is 0.400. The van der Waals surface area contributed by atoms with Gasteiger partial charge in [0.05, 0.1) is 28.5 Å². The Morgan fingerprint density at radius 2 is 1.15 bits per heavy atom. The van der Waals surface area contributed by atoms with Gasteiger partial charge in [-0.2, -0.15) is 0 Å². The Bertz CT molecular complexity index is 812. The highest BCUT2D eigenvalue weighted by Gasteiger charge is 2.20. The molecule has 2 aromatic heterocycles. The van der Waals surface area contributed by atoms with Crippen molar-refractivity contribution in [3.63, 3.8) is 0 Å².